The van der Waals surface area contributed by atoms with Crippen LogP contribution in [0.4, 0.5) is 0 Å². The zero-order valence-corrected chi connectivity index (χ0v) is 20.5. The minimum atomic E-state index is -0.474. The number of rotatable bonds is 8. The SMILES string of the molecule is CCc1cc(/C(=N/N)NN)ccc1CNC(=O)c1cc(C(=O)NCc2ccc(Br)c(O)c2)ncn1. The Labute approximate surface area is 210 Å². The van der Waals surface area contributed by atoms with Crippen LogP contribution in [0.3, 0.4) is 0 Å². The number of benzene rings is 2. The molecule has 182 valence electrons. The number of phenolic OH excluding ortho intramolecular Hbond substituents is 1. The number of carbonyl (C=O) groups is 2. The second-order valence-corrected chi connectivity index (χ2v) is 8.25. The van der Waals surface area contributed by atoms with E-state index in [1.54, 1.807) is 18.2 Å². The number of amides is 2. The molecule has 0 radical (unpaired) electrons. The van der Waals surface area contributed by atoms with Crippen LogP contribution in [-0.4, -0.2) is 32.7 Å². The van der Waals surface area contributed by atoms with Crippen molar-refractivity contribution in [2.24, 2.45) is 16.8 Å². The van der Waals surface area contributed by atoms with E-state index in [1.807, 2.05) is 19.1 Å². The number of hydrazine groups is 1. The number of nitrogens with one attached hydrogen (secondary N) is 3. The third-order valence-electron chi connectivity index (χ3n) is 5.16. The molecule has 2 aromatic carbocycles. The molecule has 0 bridgehead atoms. The van der Waals surface area contributed by atoms with E-state index in [1.165, 1.54) is 12.1 Å². The number of aromatic hydroxyl groups is 1. The third kappa shape index (κ3) is 6.52. The van der Waals surface area contributed by atoms with Crippen molar-refractivity contribution in [1.29, 1.82) is 0 Å². The number of hydrogen-bond acceptors (Lipinski definition) is 8. The van der Waals surface area contributed by atoms with Crippen LogP contribution in [-0.2, 0) is 19.5 Å². The van der Waals surface area contributed by atoms with Gasteiger partial charge in [-0.1, -0.05) is 25.1 Å². The van der Waals surface area contributed by atoms with Gasteiger partial charge in [-0.05, 0) is 57.2 Å². The molecule has 3 rings (SSSR count). The average Bonchev–Trinajstić information content (AvgIpc) is 2.88. The summed E-state index contributed by atoms with van der Waals surface area (Å²) in [4.78, 5) is 33.1. The number of carbonyl (C=O) groups excluding carboxylic acids is 2. The van der Waals surface area contributed by atoms with Gasteiger partial charge in [-0.3, -0.25) is 9.59 Å². The van der Waals surface area contributed by atoms with E-state index in [4.69, 9.17) is 11.7 Å². The van der Waals surface area contributed by atoms with Gasteiger partial charge < -0.3 is 27.0 Å². The predicted octanol–water partition coefficient (Wildman–Crippen LogP) is 1.45. The summed E-state index contributed by atoms with van der Waals surface area (Å²) in [6, 6.07) is 11.9. The lowest BCUT2D eigenvalue weighted by Gasteiger charge is -2.12. The fourth-order valence-electron chi connectivity index (χ4n) is 3.28. The molecule has 0 spiro atoms. The number of nitrogens with zero attached hydrogens (tertiary/aromatic N) is 3. The van der Waals surface area contributed by atoms with Gasteiger partial charge in [0, 0.05) is 24.7 Å². The molecule has 0 atom stereocenters. The number of nitrogens with two attached hydrogens (primary N) is 2. The van der Waals surface area contributed by atoms with Crippen molar-refractivity contribution < 1.29 is 14.7 Å². The monoisotopic (exact) mass is 540 g/mol. The summed E-state index contributed by atoms with van der Waals surface area (Å²) in [6.07, 6.45) is 1.88. The summed E-state index contributed by atoms with van der Waals surface area (Å²) in [5.74, 6) is 10.3. The van der Waals surface area contributed by atoms with E-state index >= 15 is 0 Å². The van der Waals surface area contributed by atoms with Crippen LogP contribution in [0, 0.1) is 0 Å². The van der Waals surface area contributed by atoms with Crippen molar-refractivity contribution in [3.8, 4) is 5.75 Å². The lowest BCUT2D eigenvalue weighted by molar-refractivity contribution is 0.0944. The predicted molar refractivity (Wildman–Crippen MR) is 134 cm³/mol. The Kier molecular flexibility index (Phi) is 8.70. The minimum Gasteiger partial charge on any atom is -0.507 e. The smallest absolute Gasteiger partial charge is 0.270 e. The molecule has 1 aromatic heterocycles. The van der Waals surface area contributed by atoms with E-state index in [-0.39, 0.29) is 30.2 Å². The number of hydrogen-bond donors (Lipinski definition) is 6. The summed E-state index contributed by atoms with van der Waals surface area (Å²) in [6.45, 7) is 2.42. The third-order valence-corrected chi connectivity index (χ3v) is 5.83. The van der Waals surface area contributed by atoms with E-state index in [9.17, 15) is 14.7 Å². The molecule has 0 aliphatic rings. The molecule has 0 aliphatic carbocycles. The van der Waals surface area contributed by atoms with E-state index < -0.39 is 11.8 Å². The summed E-state index contributed by atoms with van der Waals surface area (Å²) in [7, 11) is 0. The van der Waals surface area contributed by atoms with Gasteiger partial charge in [-0.25, -0.2) is 15.8 Å². The van der Waals surface area contributed by atoms with Crippen molar-refractivity contribution in [2.45, 2.75) is 26.4 Å². The van der Waals surface area contributed by atoms with Crippen LogP contribution in [0.5, 0.6) is 5.75 Å². The molecular formula is C23H25BrN8O3. The van der Waals surface area contributed by atoms with Gasteiger partial charge in [-0.2, -0.15) is 5.10 Å². The maximum Gasteiger partial charge on any atom is 0.270 e. The molecule has 0 saturated heterocycles. The van der Waals surface area contributed by atoms with Crippen molar-refractivity contribution in [1.82, 2.24) is 26.0 Å². The molecule has 12 heteroatoms. The Hall–Kier alpha value is -4.03. The lowest BCUT2D eigenvalue weighted by Crippen LogP contribution is -2.32. The molecule has 2 amide bonds. The maximum absolute atomic E-state index is 12.7. The molecule has 0 aliphatic heterocycles. The average molecular weight is 541 g/mol. The van der Waals surface area contributed by atoms with Gasteiger partial charge >= 0.3 is 0 Å². The molecule has 35 heavy (non-hydrogen) atoms. The van der Waals surface area contributed by atoms with Crippen LogP contribution in [0.2, 0.25) is 0 Å². The lowest BCUT2D eigenvalue weighted by atomic mass is 10.0. The van der Waals surface area contributed by atoms with Crippen LogP contribution in [0.15, 0.2) is 58.4 Å². The highest BCUT2D eigenvalue weighted by molar-refractivity contribution is 9.10. The van der Waals surface area contributed by atoms with E-state index in [0.29, 0.717) is 15.9 Å². The molecule has 8 N–H and O–H groups in total. The van der Waals surface area contributed by atoms with Gasteiger partial charge in [-0.15, -0.1) is 0 Å². The first kappa shape index (κ1) is 25.6. The van der Waals surface area contributed by atoms with Gasteiger partial charge in [0.15, 0.2) is 5.84 Å². The number of phenols is 1. The molecular weight excluding hydrogens is 516 g/mol. The Morgan fingerprint density at radius 3 is 2.29 bits per heavy atom. The number of hydrazone groups is 1. The molecule has 11 nitrogen and oxygen atoms in total. The topological polar surface area (TPSA) is 181 Å². The first-order valence-corrected chi connectivity index (χ1v) is 11.4. The molecule has 3 aromatic rings. The fraction of sp³-hybridized carbons (Fsp3) is 0.174. The van der Waals surface area contributed by atoms with Crippen molar-refractivity contribution in [3.05, 3.63) is 86.9 Å². The Morgan fingerprint density at radius 2 is 1.69 bits per heavy atom. The highest BCUT2D eigenvalue weighted by Crippen LogP contribution is 2.24. The van der Waals surface area contributed by atoms with Gasteiger partial charge in [0.25, 0.3) is 11.8 Å². The number of amidine groups is 1. The number of halogens is 1. The Bertz CT molecular complexity index is 1270. The van der Waals surface area contributed by atoms with Crippen LogP contribution >= 0.6 is 15.9 Å². The Morgan fingerprint density at radius 1 is 1.00 bits per heavy atom. The summed E-state index contributed by atoms with van der Waals surface area (Å²) in [5.41, 5.74) is 5.88. The van der Waals surface area contributed by atoms with Crippen LogP contribution in [0.25, 0.3) is 0 Å². The van der Waals surface area contributed by atoms with E-state index in [0.717, 1.165) is 29.4 Å². The molecule has 0 fully saturated rings. The second-order valence-electron chi connectivity index (χ2n) is 7.40. The van der Waals surface area contributed by atoms with Gasteiger partial charge in [0.2, 0.25) is 0 Å². The minimum absolute atomic E-state index is 0.0490. The normalized spacial score (nSPS) is 11.1. The fourth-order valence-corrected chi connectivity index (χ4v) is 3.53. The summed E-state index contributed by atoms with van der Waals surface area (Å²) in [5, 5.41) is 18.9. The van der Waals surface area contributed by atoms with Crippen molar-refractivity contribution in [3.63, 3.8) is 0 Å². The highest BCUT2D eigenvalue weighted by atomic mass is 79.9. The van der Waals surface area contributed by atoms with E-state index in [2.05, 4.69) is 47.1 Å². The number of aryl methyl sites for hydroxylation is 1. The quantitative estimate of drug-likeness (QED) is 0.107. The molecule has 0 unspecified atom stereocenters. The Balaban J connectivity index is 1.64. The molecule has 1 heterocycles. The first-order chi connectivity index (χ1) is 16.9. The number of aromatic nitrogens is 2. The summed E-state index contributed by atoms with van der Waals surface area (Å²) < 4.78 is 0.558. The van der Waals surface area contributed by atoms with Crippen molar-refractivity contribution >= 4 is 33.6 Å². The second kappa shape index (κ2) is 11.9. The molecule has 0 saturated carbocycles. The first-order valence-electron chi connectivity index (χ1n) is 10.6. The van der Waals surface area contributed by atoms with Gasteiger partial charge in [0.1, 0.15) is 23.5 Å². The standard InChI is InChI=1S/C23H25BrN8O3/c1-2-14-8-15(21(31-25)32-26)4-5-16(14)11-28-23(35)19-9-18(29-12-30-19)22(34)27-10-13-3-6-17(24)20(33)7-13/h3-9,12,33H,2,10-11,25-26H2,1H3,(H,27,34)(H,28,35)(H,31,32). The van der Waals surface area contributed by atoms with Crippen LogP contribution < -0.4 is 27.7 Å². The van der Waals surface area contributed by atoms with Crippen molar-refractivity contribution in [2.75, 3.05) is 0 Å². The summed E-state index contributed by atoms with van der Waals surface area (Å²) >= 11 is 3.21. The largest absolute Gasteiger partial charge is 0.507 e. The van der Waals surface area contributed by atoms with Crippen LogP contribution in [0.1, 0.15) is 50.2 Å². The highest BCUT2D eigenvalue weighted by Gasteiger charge is 2.14. The maximum atomic E-state index is 12.7. The zero-order valence-electron chi connectivity index (χ0n) is 18.9. The van der Waals surface area contributed by atoms with Gasteiger partial charge in [0.05, 0.1) is 4.47 Å². The zero-order chi connectivity index (χ0) is 25.4.